The third-order valence-corrected chi connectivity index (χ3v) is 2.91. The summed E-state index contributed by atoms with van der Waals surface area (Å²) in [4.78, 5) is 11.6. The third kappa shape index (κ3) is 3.65. The van der Waals surface area contributed by atoms with Crippen molar-refractivity contribution < 1.29 is 18.7 Å². The van der Waals surface area contributed by atoms with Crippen LogP contribution in [0.4, 0.5) is 15.0 Å². The molecule has 6 heteroatoms. The molecule has 1 aliphatic heterocycles. The molecule has 5 nitrogen and oxygen atoms in total. The minimum absolute atomic E-state index is 0.00719. The van der Waals surface area contributed by atoms with Crippen molar-refractivity contribution in [3.8, 4) is 0 Å². The van der Waals surface area contributed by atoms with Gasteiger partial charge in [0.15, 0.2) is 0 Å². The van der Waals surface area contributed by atoms with Crippen molar-refractivity contribution in [3.05, 3.63) is 30.3 Å². The first-order valence-electron chi connectivity index (χ1n) is 6.22. The first kappa shape index (κ1) is 13.8. The SMILES string of the molecule is CC(OC(=O)N(F)c1ccccc1)C1CNCCO1. The van der Waals surface area contributed by atoms with Gasteiger partial charge in [0.1, 0.15) is 12.2 Å². The number of ether oxygens (including phenoxy) is 2. The summed E-state index contributed by atoms with van der Waals surface area (Å²) < 4.78 is 24.3. The van der Waals surface area contributed by atoms with Gasteiger partial charge in [-0.1, -0.05) is 22.7 Å². The minimum Gasteiger partial charge on any atom is -0.442 e. The van der Waals surface area contributed by atoms with Crippen molar-refractivity contribution in [1.82, 2.24) is 5.32 Å². The number of halogens is 1. The average Bonchev–Trinajstić information content (AvgIpc) is 2.48. The van der Waals surface area contributed by atoms with Crippen molar-refractivity contribution in [2.45, 2.75) is 19.1 Å². The molecule has 1 aromatic rings. The second-order valence-corrected chi connectivity index (χ2v) is 4.32. The number of nitrogens with zero attached hydrogens (tertiary/aromatic N) is 1. The van der Waals surface area contributed by atoms with Gasteiger partial charge in [-0.2, -0.15) is 0 Å². The Hall–Kier alpha value is -1.66. The second kappa shape index (κ2) is 6.49. The monoisotopic (exact) mass is 268 g/mol. The number of carbonyl (C=O) groups is 1. The number of nitrogens with one attached hydrogen (secondary N) is 1. The van der Waals surface area contributed by atoms with Gasteiger partial charge in [0.05, 0.1) is 12.3 Å². The number of benzene rings is 1. The Balaban J connectivity index is 1.89. The molecule has 1 N–H and O–H groups in total. The van der Waals surface area contributed by atoms with Gasteiger partial charge in [-0.15, -0.1) is 5.12 Å². The Morgan fingerprint density at radius 3 is 2.89 bits per heavy atom. The summed E-state index contributed by atoms with van der Waals surface area (Å²) in [6.07, 6.45) is -1.79. The zero-order valence-corrected chi connectivity index (χ0v) is 10.7. The maximum atomic E-state index is 13.8. The Morgan fingerprint density at radius 2 is 2.26 bits per heavy atom. The maximum Gasteiger partial charge on any atom is 0.443 e. The molecular weight excluding hydrogens is 251 g/mol. The summed E-state index contributed by atoms with van der Waals surface area (Å²) in [7, 11) is 0. The van der Waals surface area contributed by atoms with Crippen LogP contribution in [0.25, 0.3) is 0 Å². The predicted octanol–water partition coefficient (Wildman–Crippen LogP) is 1.89. The highest BCUT2D eigenvalue weighted by atomic mass is 19.2. The van der Waals surface area contributed by atoms with Crippen molar-refractivity contribution in [1.29, 1.82) is 0 Å². The van der Waals surface area contributed by atoms with Gasteiger partial charge in [0.25, 0.3) is 0 Å². The molecule has 2 unspecified atom stereocenters. The molecule has 0 saturated carbocycles. The number of hydrogen-bond donors (Lipinski definition) is 1. The highest BCUT2D eigenvalue weighted by molar-refractivity contribution is 5.85. The number of rotatable bonds is 3. The van der Waals surface area contributed by atoms with Crippen LogP contribution < -0.4 is 10.4 Å². The number of hydrogen-bond acceptors (Lipinski definition) is 4. The van der Waals surface area contributed by atoms with Crippen molar-refractivity contribution in [3.63, 3.8) is 0 Å². The Morgan fingerprint density at radius 1 is 1.53 bits per heavy atom. The molecule has 1 aliphatic rings. The number of anilines is 1. The van der Waals surface area contributed by atoms with E-state index < -0.39 is 12.2 Å². The topological polar surface area (TPSA) is 50.8 Å². The number of morpholine rings is 1. The van der Waals surface area contributed by atoms with Crippen LogP contribution in [0, 0.1) is 0 Å². The predicted molar refractivity (Wildman–Crippen MR) is 68.6 cm³/mol. The molecule has 1 fully saturated rings. The van der Waals surface area contributed by atoms with Crippen LogP contribution >= 0.6 is 0 Å². The van der Waals surface area contributed by atoms with Gasteiger partial charge in [0, 0.05) is 13.1 Å². The Bertz CT molecular complexity index is 410. The van der Waals surface area contributed by atoms with Crippen LogP contribution in [0.5, 0.6) is 0 Å². The fourth-order valence-electron chi connectivity index (χ4n) is 1.83. The molecule has 0 bridgehead atoms. The zero-order chi connectivity index (χ0) is 13.7. The van der Waals surface area contributed by atoms with Crippen molar-refractivity contribution in [2.24, 2.45) is 0 Å². The van der Waals surface area contributed by atoms with Crippen LogP contribution in [0.2, 0.25) is 0 Å². The number of para-hydroxylation sites is 1. The summed E-state index contributed by atoms with van der Waals surface area (Å²) in [6, 6.07) is 8.02. The van der Waals surface area contributed by atoms with Crippen molar-refractivity contribution in [2.75, 3.05) is 24.8 Å². The molecule has 1 aromatic carbocycles. The molecule has 1 saturated heterocycles. The summed E-state index contributed by atoms with van der Waals surface area (Å²) in [5, 5.41) is 3.12. The lowest BCUT2D eigenvalue weighted by atomic mass is 10.2. The van der Waals surface area contributed by atoms with Gasteiger partial charge in [-0.3, -0.25) is 0 Å². The molecule has 0 spiro atoms. The fourth-order valence-corrected chi connectivity index (χ4v) is 1.83. The average molecular weight is 268 g/mol. The summed E-state index contributed by atoms with van der Waals surface area (Å²) in [6.45, 7) is 3.61. The van der Waals surface area contributed by atoms with Gasteiger partial charge >= 0.3 is 6.09 Å². The highest BCUT2D eigenvalue weighted by Crippen LogP contribution is 2.16. The first-order chi connectivity index (χ1) is 9.18. The van der Waals surface area contributed by atoms with E-state index in [1.165, 1.54) is 12.1 Å². The van der Waals surface area contributed by atoms with Crippen molar-refractivity contribution >= 4 is 11.8 Å². The number of carbonyl (C=O) groups excluding carboxylic acids is 1. The molecule has 1 amide bonds. The minimum atomic E-state index is -1.03. The standard InChI is InChI=1S/C13H17FN2O3/c1-10(12-9-15-7-8-18-12)19-13(17)16(14)11-5-3-2-4-6-11/h2-6,10,12,15H,7-9H2,1H3. The Labute approximate surface area is 111 Å². The normalized spacial score (nSPS) is 20.6. The smallest absolute Gasteiger partial charge is 0.442 e. The van der Waals surface area contributed by atoms with E-state index in [2.05, 4.69) is 5.32 Å². The van der Waals surface area contributed by atoms with Gasteiger partial charge in [0.2, 0.25) is 0 Å². The molecule has 2 atom stereocenters. The van der Waals surface area contributed by atoms with Crippen LogP contribution in [-0.4, -0.2) is 38.0 Å². The second-order valence-electron chi connectivity index (χ2n) is 4.32. The van der Waals surface area contributed by atoms with E-state index in [9.17, 15) is 9.28 Å². The van der Waals surface area contributed by atoms with Crippen LogP contribution in [0.3, 0.4) is 0 Å². The van der Waals surface area contributed by atoms with E-state index in [0.717, 1.165) is 6.54 Å². The maximum absolute atomic E-state index is 13.8. The summed E-state index contributed by atoms with van der Waals surface area (Å²) in [5.41, 5.74) is 0.141. The molecule has 104 valence electrons. The van der Waals surface area contributed by atoms with E-state index in [-0.39, 0.29) is 16.9 Å². The number of amides is 1. The lowest BCUT2D eigenvalue weighted by Crippen LogP contribution is -2.46. The van der Waals surface area contributed by atoms with Crippen LogP contribution in [-0.2, 0) is 9.47 Å². The van der Waals surface area contributed by atoms with E-state index in [1.54, 1.807) is 25.1 Å². The highest BCUT2D eigenvalue weighted by Gasteiger charge is 2.26. The summed E-state index contributed by atoms with van der Waals surface area (Å²) in [5.74, 6) is 0. The molecule has 19 heavy (non-hydrogen) atoms. The largest absolute Gasteiger partial charge is 0.443 e. The third-order valence-electron chi connectivity index (χ3n) is 2.91. The quantitative estimate of drug-likeness (QED) is 0.851. The molecule has 1 heterocycles. The lowest BCUT2D eigenvalue weighted by Gasteiger charge is -2.28. The van der Waals surface area contributed by atoms with Gasteiger partial charge in [-0.05, 0) is 19.1 Å². The van der Waals surface area contributed by atoms with E-state index in [4.69, 9.17) is 9.47 Å². The summed E-state index contributed by atoms with van der Waals surface area (Å²) >= 11 is 0. The molecular formula is C13H17FN2O3. The fraction of sp³-hybridized carbons (Fsp3) is 0.462. The zero-order valence-electron chi connectivity index (χ0n) is 10.7. The molecule has 0 radical (unpaired) electrons. The van der Waals surface area contributed by atoms with Crippen LogP contribution in [0.15, 0.2) is 30.3 Å². The molecule has 0 aromatic heterocycles. The molecule has 2 rings (SSSR count). The Kier molecular flexibility index (Phi) is 4.70. The van der Waals surface area contributed by atoms with Gasteiger partial charge in [-0.25, -0.2) is 4.79 Å². The van der Waals surface area contributed by atoms with Crippen LogP contribution in [0.1, 0.15) is 6.92 Å². The molecule has 0 aliphatic carbocycles. The van der Waals surface area contributed by atoms with E-state index in [1.807, 2.05) is 0 Å². The van der Waals surface area contributed by atoms with Gasteiger partial charge < -0.3 is 14.8 Å². The van der Waals surface area contributed by atoms with E-state index >= 15 is 0 Å². The lowest BCUT2D eigenvalue weighted by molar-refractivity contribution is -0.0505. The van der Waals surface area contributed by atoms with E-state index in [0.29, 0.717) is 13.2 Å². The first-order valence-corrected chi connectivity index (χ1v) is 6.22.